The van der Waals surface area contributed by atoms with Crippen molar-refractivity contribution in [3.05, 3.63) is 53.0 Å². The van der Waals surface area contributed by atoms with Crippen LogP contribution in [0.4, 0.5) is 0 Å². The molecule has 1 fully saturated rings. The maximum absolute atomic E-state index is 12.3. The number of likely N-dealkylation sites (tertiary alicyclic amines) is 1. The Hall–Kier alpha value is -2.41. The van der Waals surface area contributed by atoms with Crippen molar-refractivity contribution in [3.63, 3.8) is 0 Å². The second-order valence-electron chi connectivity index (χ2n) is 5.68. The molecule has 3 heterocycles. The van der Waals surface area contributed by atoms with Gasteiger partial charge >= 0.3 is 0 Å². The van der Waals surface area contributed by atoms with E-state index in [4.69, 9.17) is 0 Å². The zero-order valence-corrected chi connectivity index (χ0v) is 12.1. The number of aromatic nitrogens is 3. The number of carbonyl (C=O) groups excluding carboxylic acids is 1. The number of pyridine rings is 1. The van der Waals surface area contributed by atoms with Gasteiger partial charge in [0.05, 0.1) is 18.5 Å². The van der Waals surface area contributed by atoms with Gasteiger partial charge in [-0.1, -0.05) is 6.07 Å². The Bertz CT molecular complexity index is 700. The van der Waals surface area contributed by atoms with Crippen molar-refractivity contribution in [2.24, 2.45) is 0 Å². The lowest BCUT2D eigenvalue weighted by molar-refractivity contribution is -0.0293. The number of imidazole rings is 1. The van der Waals surface area contributed by atoms with Crippen LogP contribution in [0.3, 0.4) is 0 Å². The predicted octanol–water partition coefficient (Wildman–Crippen LogP) is 0.239. The number of nitrogens with one attached hydrogen (secondary N) is 1. The summed E-state index contributed by atoms with van der Waals surface area (Å²) in [5.74, 6) is -0.206. The van der Waals surface area contributed by atoms with Gasteiger partial charge in [0.1, 0.15) is 5.69 Å². The molecule has 2 aromatic heterocycles. The molecule has 1 saturated heterocycles. The molecule has 116 valence electrons. The van der Waals surface area contributed by atoms with Crippen LogP contribution >= 0.6 is 0 Å². The largest absolute Gasteiger partial charge is 0.388 e. The minimum Gasteiger partial charge on any atom is -0.388 e. The molecular formula is C15H18N4O3. The Morgan fingerprint density at radius 2 is 2.14 bits per heavy atom. The van der Waals surface area contributed by atoms with Gasteiger partial charge in [-0.25, -0.2) is 4.98 Å². The first-order chi connectivity index (χ1) is 10.6. The van der Waals surface area contributed by atoms with Gasteiger partial charge in [0.25, 0.3) is 5.91 Å². The highest BCUT2D eigenvalue weighted by molar-refractivity contribution is 5.92. The summed E-state index contributed by atoms with van der Waals surface area (Å²) in [6.07, 6.45) is 6.14. The molecule has 0 atom stereocenters. The van der Waals surface area contributed by atoms with Crippen molar-refractivity contribution >= 4 is 5.91 Å². The Balaban J connectivity index is 1.64. The average Bonchev–Trinajstić information content (AvgIpc) is 2.99. The van der Waals surface area contributed by atoms with Crippen molar-refractivity contribution < 1.29 is 9.90 Å². The molecular weight excluding hydrogens is 284 g/mol. The van der Waals surface area contributed by atoms with Gasteiger partial charge in [-0.3, -0.25) is 9.59 Å². The Labute approximate surface area is 127 Å². The maximum Gasteiger partial charge on any atom is 0.270 e. The molecule has 0 saturated carbocycles. The molecule has 2 N–H and O–H groups in total. The Morgan fingerprint density at radius 3 is 2.77 bits per heavy atom. The number of H-pyrrole nitrogens is 1. The van der Waals surface area contributed by atoms with Crippen LogP contribution < -0.4 is 5.56 Å². The summed E-state index contributed by atoms with van der Waals surface area (Å²) < 4.78 is 1.84. The van der Waals surface area contributed by atoms with Crippen LogP contribution in [0.5, 0.6) is 0 Å². The summed E-state index contributed by atoms with van der Waals surface area (Å²) in [4.78, 5) is 31.8. The van der Waals surface area contributed by atoms with Crippen LogP contribution in [-0.4, -0.2) is 49.1 Å². The van der Waals surface area contributed by atoms with Gasteiger partial charge in [0.2, 0.25) is 5.56 Å². The summed E-state index contributed by atoms with van der Waals surface area (Å²) in [5.41, 5.74) is -0.839. The van der Waals surface area contributed by atoms with Crippen molar-refractivity contribution in [1.82, 2.24) is 19.4 Å². The first kappa shape index (κ1) is 14.5. The van der Waals surface area contributed by atoms with Crippen molar-refractivity contribution in [3.8, 4) is 0 Å². The number of aromatic amines is 1. The lowest BCUT2D eigenvalue weighted by atomic mass is 9.91. The minimum atomic E-state index is -0.832. The fourth-order valence-electron chi connectivity index (χ4n) is 2.75. The predicted molar refractivity (Wildman–Crippen MR) is 79.4 cm³/mol. The standard InChI is InChI=1S/C15H18N4O3/c20-13-3-1-2-12(17-13)14(21)19-7-4-15(22,5-8-19)10-18-9-6-16-11-18/h1-3,6,9,11,22H,4-5,7-8,10H2,(H,17,20). The fraction of sp³-hybridized carbons (Fsp3) is 0.400. The summed E-state index contributed by atoms with van der Waals surface area (Å²) in [6, 6.07) is 4.53. The van der Waals surface area contributed by atoms with E-state index < -0.39 is 5.60 Å². The summed E-state index contributed by atoms with van der Waals surface area (Å²) >= 11 is 0. The highest BCUT2D eigenvalue weighted by Crippen LogP contribution is 2.24. The number of piperidine rings is 1. The van der Waals surface area contributed by atoms with E-state index in [9.17, 15) is 14.7 Å². The third-order valence-electron chi connectivity index (χ3n) is 4.02. The molecule has 2 aromatic rings. The van der Waals surface area contributed by atoms with Crippen LogP contribution in [-0.2, 0) is 6.54 Å². The SMILES string of the molecule is O=C(c1cccc(=O)[nH]1)N1CCC(O)(Cn2ccnc2)CC1. The number of aliphatic hydroxyl groups is 1. The molecule has 1 amide bonds. The fourth-order valence-corrected chi connectivity index (χ4v) is 2.75. The lowest BCUT2D eigenvalue weighted by Crippen LogP contribution is -2.48. The zero-order chi connectivity index (χ0) is 15.6. The second kappa shape index (κ2) is 5.76. The van der Waals surface area contributed by atoms with Crippen LogP contribution in [0.2, 0.25) is 0 Å². The summed E-state index contributed by atoms with van der Waals surface area (Å²) in [5, 5.41) is 10.6. The molecule has 0 unspecified atom stereocenters. The molecule has 0 aromatic carbocycles. The molecule has 7 nitrogen and oxygen atoms in total. The first-order valence-electron chi connectivity index (χ1n) is 7.22. The number of hydrogen-bond acceptors (Lipinski definition) is 4. The molecule has 0 spiro atoms. The van der Waals surface area contributed by atoms with Crippen LogP contribution in [0.25, 0.3) is 0 Å². The lowest BCUT2D eigenvalue weighted by Gasteiger charge is -2.38. The van der Waals surface area contributed by atoms with Gasteiger partial charge in [0.15, 0.2) is 0 Å². The normalized spacial score (nSPS) is 17.4. The topological polar surface area (TPSA) is 91.2 Å². The number of hydrogen-bond donors (Lipinski definition) is 2. The van der Waals surface area contributed by atoms with Crippen molar-refractivity contribution in [2.45, 2.75) is 25.0 Å². The highest BCUT2D eigenvalue weighted by atomic mass is 16.3. The third kappa shape index (κ3) is 3.09. The molecule has 1 aliphatic heterocycles. The summed E-state index contributed by atoms with van der Waals surface area (Å²) in [6.45, 7) is 1.39. The van der Waals surface area contributed by atoms with E-state index in [0.717, 1.165) is 0 Å². The molecule has 1 aliphatic rings. The van der Waals surface area contributed by atoms with Gasteiger partial charge in [0, 0.05) is 31.5 Å². The number of amides is 1. The smallest absolute Gasteiger partial charge is 0.270 e. The zero-order valence-electron chi connectivity index (χ0n) is 12.1. The van der Waals surface area contributed by atoms with E-state index in [1.54, 1.807) is 29.6 Å². The quantitative estimate of drug-likeness (QED) is 0.849. The van der Waals surface area contributed by atoms with Gasteiger partial charge in [-0.2, -0.15) is 0 Å². The van der Waals surface area contributed by atoms with E-state index in [2.05, 4.69) is 9.97 Å². The molecule has 0 radical (unpaired) electrons. The van der Waals surface area contributed by atoms with E-state index in [0.29, 0.717) is 32.5 Å². The van der Waals surface area contributed by atoms with Crippen molar-refractivity contribution in [2.75, 3.05) is 13.1 Å². The Morgan fingerprint density at radius 1 is 1.36 bits per heavy atom. The van der Waals surface area contributed by atoms with Crippen LogP contribution in [0.15, 0.2) is 41.7 Å². The monoisotopic (exact) mass is 302 g/mol. The van der Waals surface area contributed by atoms with Crippen molar-refractivity contribution in [1.29, 1.82) is 0 Å². The van der Waals surface area contributed by atoms with E-state index in [1.807, 2.05) is 10.8 Å². The molecule has 22 heavy (non-hydrogen) atoms. The van der Waals surface area contributed by atoms with Gasteiger partial charge in [-0.15, -0.1) is 0 Å². The maximum atomic E-state index is 12.3. The van der Waals surface area contributed by atoms with Crippen LogP contribution in [0.1, 0.15) is 23.3 Å². The average molecular weight is 302 g/mol. The number of carbonyl (C=O) groups is 1. The number of rotatable bonds is 3. The van der Waals surface area contributed by atoms with E-state index in [-0.39, 0.29) is 17.2 Å². The van der Waals surface area contributed by atoms with Gasteiger partial charge in [-0.05, 0) is 18.9 Å². The van der Waals surface area contributed by atoms with Crippen LogP contribution in [0, 0.1) is 0 Å². The molecule has 7 heteroatoms. The number of nitrogens with zero attached hydrogens (tertiary/aromatic N) is 3. The second-order valence-corrected chi connectivity index (χ2v) is 5.68. The first-order valence-corrected chi connectivity index (χ1v) is 7.22. The van der Waals surface area contributed by atoms with Gasteiger partial charge < -0.3 is 19.6 Å². The minimum absolute atomic E-state index is 0.206. The molecule has 3 rings (SSSR count). The molecule has 0 aliphatic carbocycles. The Kier molecular flexibility index (Phi) is 3.81. The summed E-state index contributed by atoms with van der Waals surface area (Å²) in [7, 11) is 0. The van der Waals surface area contributed by atoms with E-state index in [1.165, 1.54) is 6.07 Å². The van der Waals surface area contributed by atoms with E-state index >= 15 is 0 Å². The highest BCUT2D eigenvalue weighted by Gasteiger charge is 2.34. The molecule has 0 bridgehead atoms. The third-order valence-corrected chi connectivity index (χ3v) is 4.02.